The minimum atomic E-state index is -2.25. The lowest BCUT2D eigenvalue weighted by Gasteiger charge is -2.38. The van der Waals surface area contributed by atoms with Crippen molar-refractivity contribution in [2.45, 2.75) is 70.4 Å². The van der Waals surface area contributed by atoms with Crippen LogP contribution < -0.4 is 4.90 Å². The molecule has 1 atom stereocenters. The minimum Gasteiger partial charge on any atom is -0.507 e. The van der Waals surface area contributed by atoms with Crippen molar-refractivity contribution in [1.82, 2.24) is 4.90 Å². The van der Waals surface area contributed by atoms with E-state index in [0.717, 1.165) is 41.5 Å². The highest BCUT2D eigenvalue weighted by Gasteiger charge is 2.71. The van der Waals surface area contributed by atoms with E-state index in [2.05, 4.69) is 15.9 Å². The molecule has 212 valence electrons. The van der Waals surface area contributed by atoms with Crippen LogP contribution in [0.25, 0.3) is 5.76 Å². The Labute approximate surface area is 246 Å². The number of aliphatic hydroxyl groups is 1. The van der Waals surface area contributed by atoms with Gasteiger partial charge in [-0.05, 0) is 48.9 Å². The molecule has 0 aromatic heterocycles. The Balaban J connectivity index is 1.72. The normalized spacial score (nSPS) is 25.9. The number of phenols is 1. The molecule has 41 heavy (non-hydrogen) atoms. The quantitative estimate of drug-likeness (QED) is 0.263. The zero-order chi connectivity index (χ0) is 29.3. The van der Waals surface area contributed by atoms with E-state index in [-0.39, 0.29) is 40.8 Å². The maximum absolute atomic E-state index is 15.1. The van der Waals surface area contributed by atoms with Gasteiger partial charge in [-0.3, -0.25) is 24.1 Å². The third kappa shape index (κ3) is 4.00. The second kappa shape index (κ2) is 9.69. The molecule has 9 heteroatoms. The fourth-order valence-electron chi connectivity index (χ4n) is 7.08. The van der Waals surface area contributed by atoms with E-state index in [9.17, 15) is 24.6 Å². The monoisotopic (exact) mass is 618 g/mol. The van der Waals surface area contributed by atoms with Gasteiger partial charge in [0, 0.05) is 28.2 Å². The highest BCUT2D eigenvalue weighted by Crippen LogP contribution is 2.57. The van der Waals surface area contributed by atoms with Gasteiger partial charge in [0.1, 0.15) is 11.5 Å². The summed E-state index contributed by atoms with van der Waals surface area (Å²) in [5.74, 6) is -4.01. The van der Waals surface area contributed by atoms with Crippen molar-refractivity contribution in [3.05, 3.63) is 75.4 Å². The Hall–Kier alpha value is -3.72. The van der Waals surface area contributed by atoms with Crippen molar-refractivity contribution >= 4 is 50.8 Å². The van der Waals surface area contributed by atoms with Gasteiger partial charge in [-0.1, -0.05) is 73.3 Å². The summed E-state index contributed by atoms with van der Waals surface area (Å²) in [6.45, 7) is 3.93. The molecule has 2 aromatic rings. The number of hydrogen-bond acceptors (Lipinski definition) is 6. The number of benzene rings is 2. The van der Waals surface area contributed by atoms with Gasteiger partial charge in [-0.15, -0.1) is 0 Å². The van der Waals surface area contributed by atoms with Gasteiger partial charge < -0.3 is 15.1 Å². The van der Waals surface area contributed by atoms with Crippen molar-refractivity contribution in [3.8, 4) is 5.75 Å². The van der Waals surface area contributed by atoms with Crippen LogP contribution in [-0.4, -0.2) is 50.1 Å². The van der Waals surface area contributed by atoms with Crippen LogP contribution in [-0.2, 0) is 19.2 Å². The summed E-state index contributed by atoms with van der Waals surface area (Å²) in [5, 5.41) is 22.7. The molecule has 2 N–H and O–H groups in total. The van der Waals surface area contributed by atoms with Gasteiger partial charge >= 0.3 is 5.91 Å². The van der Waals surface area contributed by atoms with Gasteiger partial charge in [-0.25, -0.2) is 0 Å². The third-order valence-electron chi connectivity index (χ3n) is 8.77. The number of aromatic hydroxyl groups is 1. The van der Waals surface area contributed by atoms with Gasteiger partial charge in [0.25, 0.3) is 11.7 Å². The molecule has 6 rings (SSSR count). The Kier molecular flexibility index (Phi) is 6.48. The maximum atomic E-state index is 15.1. The number of allylic oxidation sites excluding steroid dienone is 1. The molecule has 0 radical (unpaired) electrons. The number of carbonyl (C=O) groups is 4. The van der Waals surface area contributed by atoms with E-state index in [0.29, 0.717) is 12.1 Å². The molecule has 1 unspecified atom stereocenters. The molecule has 2 amide bonds. The lowest BCUT2D eigenvalue weighted by Crippen LogP contribution is -2.57. The first-order valence-electron chi connectivity index (χ1n) is 14.0. The van der Waals surface area contributed by atoms with Crippen LogP contribution in [0, 0.1) is 5.41 Å². The summed E-state index contributed by atoms with van der Waals surface area (Å²) in [4.78, 5) is 59.8. The molecule has 8 nitrogen and oxygen atoms in total. The van der Waals surface area contributed by atoms with Crippen LogP contribution in [0.5, 0.6) is 5.75 Å². The number of rotatable bonds is 3. The minimum absolute atomic E-state index is 0.0495. The van der Waals surface area contributed by atoms with Crippen molar-refractivity contribution in [2.75, 3.05) is 4.90 Å². The summed E-state index contributed by atoms with van der Waals surface area (Å²) in [6.07, 6.45) is 4.80. The van der Waals surface area contributed by atoms with Gasteiger partial charge in [0.2, 0.25) is 0 Å². The number of halogens is 1. The zero-order valence-electron chi connectivity index (χ0n) is 22.9. The highest BCUT2D eigenvalue weighted by molar-refractivity contribution is 9.10. The lowest BCUT2D eigenvalue weighted by atomic mass is 9.70. The molecule has 1 saturated carbocycles. The molecule has 2 aliphatic carbocycles. The van der Waals surface area contributed by atoms with Crippen LogP contribution >= 0.6 is 15.9 Å². The van der Waals surface area contributed by atoms with Gasteiger partial charge in [0.05, 0.1) is 16.8 Å². The largest absolute Gasteiger partial charge is 0.507 e. The number of carbonyl (C=O) groups excluding carboxylic acids is 4. The average Bonchev–Trinajstić information content (AvgIpc) is 3.31. The first kappa shape index (κ1) is 27.4. The molecule has 1 saturated heterocycles. The van der Waals surface area contributed by atoms with Gasteiger partial charge in [-0.2, -0.15) is 0 Å². The molecule has 4 aliphatic rings. The second-order valence-corrected chi connectivity index (χ2v) is 13.0. The molecule has 1 spiro atoms. The number of ketones is 2. The number of anilines is 1. The Morgan fingerprint density at radius 2 is 1.59 bits per heavy atom. The predicted molar refractivity (Wildman–Crippen MR) is 156 cm³/mol. The van der Waals surface area contributed by atoms with Crippen molar-refractivity contribution in [2.24, 2.45) is 5.41 Å². The summed E-state index contributed by atoms with van der Waals surface area (Å²) >= 11 is 3.37. The number of Topliss-reactive ketones (excluding diaryl/α,β-unsaturated/α-hetero) is 2. The third-order valence-corrected chi connectivity index (χ3v) is 9.30. The number of fused-ring (bicyclic) bond motifs is 1. The number of para-hydroxylation sites is 2. The summed E-state index contributed by atoms with van der Waals surface area (Å²) in [5.41, 5.74) is -2.45. The van der Waals surface area contributed by atoms with Crippen LogP contribution in [0.15, 0.2) is 69.8 Å². The second-order valence-electron chi connectivity index (χ2n) is 12.1. The predicted octanol–water partition coefficient (Wildman–Crippen LogP) is 5.60. The molecular formula is C32H31BrN2O6. The highest BCUT2D eigenvalue weighted by atomic mass is 79.9. The Morgan fingerprint density at radius 3 is 2.24 bits per heavy atom. The molecule has 2 fully saturated rings. The zero-order valence-corrected chi connectivity index (χ0v) is 24.5. The molecule has 0 bridgehead atoms. The number of hydrogen-bond donors (Lipinski definition) is 2. The lowest BCUT2D eigenvalue weighted by molar-refractivity contribution is -0.134. The fourth-order valence-corrected chi connectivity index (χ4v) is 7.35. The smallest absolute Gasteiger partial charge is 0.300 e. The standard InChI is InChI=1S/C32H31BrN2O6/c1-31(2)16-22-25(24(37)17-31)32(30(41)34(22)20-8-4-3-5-9-20)26(27(38)18-12-14-19(33)15-13-18)28(39)29(40)35(32)21-10-6-7-11-23(21)36/h6-7,10-15,20,36,38H,3-5,8-9,16-17H2,1-2H3/b27-26-. The molecule has 2 heterocycles. The number of aliphatic hydroxyl groups excluding tert-OH is 1. The Morgan fingerprint density at radius 1 is 0.927 bits per heavy atom. The van der Waals surface area contributed by atoms with E-state index in [4.69, 9.17) is 0 Å². The number of nitrogens with zero attached hydrogens (tertiary/aromatic N) is 2. The average molecular weight is 620 g/mol. The van der Waals surface area contributed by atoms with E-state index < -0.39 is 39.9 Å². The first-order valence-corrected chi connectivity index (χ1v) is 14.8. The number of phenolic OH excluding ortho intramolecular Hbond substituents is 1. The molecule has 2 aromatic carbocycles. The van der Waals surface area contributed by atoms with E-state index in [1.807, 2.05) is 13.8 Å². The van der Waals surface area contributed by atoms with Crippen molar-refractivity contribution in [1.29, 1.82) is 0 Å². The van der Waals surface area contributed by atoms with Gasteiger partial charge in [0.15, 0.2) is 11.3 Å². The summed E-state index contributed by atoms with van der Waals surface area (Å²) < 4.78 is 0.730. The van der Waals surface area contributed by atoms with Crippen molar-refractivity contribution in [3.63, 3.8) is 0 Å². The van der Waals surface area contributed by atoms with Crippen LogP contribution in [0.4, 0.5) is 5.69 Å². The van der Waals surface area contributed by atoms with E-state index >= 15 is 4.79 Å². The van der Waals surface area contributed by atoms with Crippen LogP contribution in [0.2, 0.25) is 0 Å². The molecule has 2 aliphatic heterocycles. The molecular weight excluding hydrogens is 588 g/mol. The number of amides is 2. The summed E-state index contributed by atoms with van der Waals surface area (Å²) in [6, 6.07) is 12.2. The van der Waals surface area contributed by atoms with Crippen molar-refractivity contribution < 1.29 is 29.4 Å². The van der Waals surface area contributed by atoms with E-state index in [1.165, 1.54) is 12.1 Å². The fraction of sp³-hybridized carbons (Fsp3) is 0.375. The summed E-state index contributed by atoms with van der Waals surface area (Å²) in [7, 11) is 0. The Bertz CT molecular complexity index is 1570. The SMILES string of the molecule is CC1(C)CC(=O)C2=C(C1)N(C1CCCCC1)C(=O)C21/C(=C(\O)c2ccc(Br)cc2)C(=O)C(=O)N1c1ccccc1O. The van der Waals surface area contributed by atoms with Crippen LogP contribution in [0.3, 0.4) is 0 Å². The maximum Gasteiger partial charge on any atom is 0.300 e. The van der Waals surface area contributed by atoms with Crippen LogP contribution in [0.1, 0.15) is 64.4 Å². The van der Waals surface area contributed by atoms with E-state index in [1.54, 1.807) is 41.3 Å². The topological polar surface area (TPSA) is 115 Å². The first-order chi connectivity index (χ1) is 19.5.